The van der Waals surface area contributed by atoms with Crippen molar-refractivity contribution in [2.24, 2.45) is 0 Å². The zero-order valence-electron chi connectivity index (χ0n) is 6.64. The van der Waals surface area contributed by atoms with Crippen molar-refractivity contribution < 1.29 is 114 Å². The van der Waals surface area contributed by atoms with Crippen LogP contribution in [-0.4, -0.2) is 76.6 Å². The second kappa shape index (κ2) is 10.5. The summed E-state index contributed by atoms with van der Waals surface area (Å²) in [6.45, 7) is 0. The van der Waals surface area contributed by atoms with Gasteiger partial charge in [-0.25, -0.2) is 0 Å². The molecule has 0 unspecified atom stereocenters. The second-order valence-electron chi connectivity index (χ2n) is 1.15. The molecule has 0 amide bonds. The molecule has 0 bridgehead atoms. The van der Waals surface area contributed by atoms with E-state index >= 15 is 0 Å². The van der Waals surface area contributed by atoms with Crippen LogP contribution in [0.2, 0.25) is 0 Å². The third-order valence-electron chi connectivity index (χ3n) is 0.258. The van der Waals surface area contributed by atoms with Gasteiger partial charge in [0, 0.05) is 0 Å². The molecule has 0 aliphatic rings. The summed E-state index contributed by atoms with van der Waals surface area (Å²) in [6.07, 6.45) is 0. The Balaban J connectivity index is -0.000000107. The average Bonchev–Trinajstić information content (AvgIpc) is 1.14. The minimum absolute atomic E-state index is 0. The van der Waals surface area contributed by atoms with Gasteiger partial charge in [-0.05, 0) is 0 Å². The maximum atomic E-state index is 9.58. The standard InChI is InChI=1S/Ba.K.Na.H2O7Si2/c;;;1-8(2,3)7-9(4,5)6/h;;;1-2H/q+2;2*+1;-4. The summed E-state index contributed by atoms with van der Waals surface area (Å²) in [4.78, 5) is 53.3. The smallest absolute Gasteiger partial charge is 0.862 e. The molecule has 0 aromatic rings. The Kier molecular flexibility index (Phi) is 22.1. The van der Waals surface area contributed by atoms with Gasteiger partial charge < -0.3 is 32.9 Å². The summed E-state index contributed by atoms with van der Waals surface area (Å²) >= 11 is 0. The molecule has 0 aliphatic carbocycles. The zero-order valence-corrected chi connectivity index (χ0v) is 18.2. The first-order chi connectivity index (χ1) is 3.71. The molecule has 0 spiro atoms. The Hall–Kier alpha value is 4.36. The van der Waals surface area contributed by atoms with Crippen molar-refractivity contribution in [1.29, 1.82) is 0 Å². The molecule has 0 fully saturated rings. The molecular formula is H2BaKNaO7Si2. The largest absolute Gasteiger partial charge is 2.00 e. The van der Waals surface area contributed by atoms with Crippen molar-refractivity contribution >= 4 is 67.0 Å². The molecule has 56 valence electrons. The number of hydrogen-bond acceptors (Lipinski definition) is 7. The first kappa shape index (κ1) is 25.3. The first-order valence-corrected chi connectivity index (χ1v) is 5.02. The predicted octanol–water partition coefficient (Wildman–Crippen LogP) is -13.1. The van der Waals surface area contributed by atoms with Crippen molar-refractivity contribution in [3.8, 4) is 0 Å². The topological polar surface area (TPSA) is 142 Å². The molecular weight excluding hydrogens is 368 g/mol. The molecule has 0 rings (SSSR count). The van der Waals surface area contributed by atoms with Crippen molar-refractivity contribution in [2.45, 2.75) is 0 Å². The summed E-state index contributed by atoms with van der Waals surface area (Å²) in [5, 5.41) is 0. The van der Waals surface area contributed by atoms with E-state index in [9.17, 15) is 19.2 Å². The third kappa shape index (κ3) is 23.9. The third-order valence-corrected chi connectivity index (χ3v) is 2.32. The normalized spacial score (nSPS) is 10.5. The molecule has 12 heteroatoms. The summed E-state index contributed by atoms with van der Waals surface area (Å²) in [7, 11) is -11.2. The molecule has 2 N–H and O–H groups in total. The molecule has 0 aromatic heterocycles. The van der Waals surface area contributed by atoms with Crippen molar-refractivity contribution in [2.75, 3.05) is 0 Å². The van der Waals surface area contributed by atoms with Gasteiger partial charge >= 0.3 is 139 Å². The summed E-state index contributed by atoms with van der Waals surface area (Å²) < 4.78 is 2.79. The van der Waals surface area contributed by atoms with Gasteiger partial charge in [0.15, 0.2) is 0 Å². The fraction of sp³-hybridized carbons (Fsp3) is 0. The van der Waals surface area contributed by atoms with Gasteiger partial charge in [-0.1, -0.05) is 0 Å². The van der Waals surface area contributed by atoms with Crippen LogP contribution in [0, 0.1) is 0 Å². The van der Waals surface area contributed by atoms with E-state index in [0.29, 0.717) is 0 Å². The van der Waals surface area contributed by atoms with Crippen LogP contribution in [0.25, 0.3) is 0 Å². The van der Waals surface area contributed by atoms with E-state index in [1.54, 1.807) is 0 Å². The quantitative estimate of drug-likeness (QED) is 0.460. The van der Waals surface area contributed by atoms with Gasteiger partial charge in [0.2, 0.25) is 0 Å². The van der Waals surface area contributed by atoms with Gasteiger partial charge in [0.25, 0.3) is 0 Å². The van der Waals surface area contributed by atoms with E-state index in [1.165, 1.54) is 0 Å². The van der Waals surface area contributed by atoms with Crippen LogP contribution in [0.5, 0.6) is 0 Å². The molecule has 0 heterocycles. The second-order valence-corrected chi connectivity index (χ2v) is 4.06. The monoisotopic (exact) mass is 370 g/mol. The summed E-state index contributed by atoms with van der Waals surface area (Å²) in [5.41, 5.74) is 0. The van der Waals surface area contributed by atoms with Crippen molar-refractivity contribution in [3.63, 3.8) is 0 Å². The minimum atomic E-state index is -5.79. The van der Waals surface area contributed by atoms with Crippen LogP contribution in [0.3, 0.4) is 0 Å². The van der Waals surface area contributed by atoms with E-state index < -0.39 is 18.1 Å². The Morgan fingerprint density at radius 1 is 1.00 bits per heavy atom. The Morgan fingerprint density at radius 3 is 1.25 bits per heavy atom. The average molecular weight is 370 g/mol. The van der Waals surface area contributed by atoms with E-state index in [4.69, 9.17) is 9.59 Å². The van der Waals surface area contributed by atoms with E-state index in [2.05, 4.69) is 4.12 Å². The maximum Gasteiger partial charge on any atom is 2.00 e. The van der Waals surface area contributed by atoms with Crippen molar-refractivity contribution in [3.05, 3.63) is 0 Å². The summed E-state index contributed by atoms with van der Waals surface area (Å²) in [6, 6.07) is 0. The van der Waals surface area contributed by atoms with Crippen LogP contribution in [0.4, 0.5) is 0 Å². The van der Waals surface area contributed by atoms with Gasteiger partial charge in [-0.15, -0.1) is 9.05 Å². The SMILES string of the molecule is [Ba+2].[K+].[Na+].[O-][Si]([O-])([O-])O[Si]([O-])(O)O. The Labute approximate surface area is 176 Å². The molecule has 0 radical (unpaired) electrons. The first-order valence-electron chi connectivity index (χ1n) is 1.67. The number of rotatable bonds is 2. The molecule has 12 heavy (non-hydrogen) atoms. The fourth-order valence-corrected chi connectivity index (χ4v) is 1.47. The molecule has 0 saturated heterocycles. The summed E-state index contributed by atoms with van der Waals surface area (Å²) in [5.74, 6) is 0. The molecule has 0 aromatic carbocycles. The van der Waals surface area contributed by atoms with Crippen LogP contribution < -0.4 is 100 Å². The van der Waals surface area contributed by atoms with Crippen LogP contribution in [0.15, 0.2) is 0 Å². The van der Waals surface area contributed by atoms with E-state index in [-0.39, 0.29) is 130 Å². The van der Waals surface area contributed by atoms with Crippen LogP contribution in [-0.2, 0) is 4.12 Å². The Bertz CT molecular complexity index is 86.6. The van der Waals surface area contributed by atoms with Crippen LogP contribution in [0.1, 0.15) is 0 Å². The van der Waals surface area contributed by atoms with Gasteiger partial charge in [0.05, 0.1) is 0 Å². The molecule has 0 atom stereocenters. The number of hydrogen-bond donors (Lipinski definition) is 2. The zero-order chi connectivity index (χ0) is 7.71. The van der Waals surface area contributed by atoms with Crippen LogP contribution >= 0.6 is 0 Å². The van der Waals surface area contributed by atoms with E-state index in [0.717, 1.165) is 0 Å². The van der Waals surface area contributed by atoms with Gasteiger partial charge in [-0.3, -0.25) is 0 Å². The van der Waals surface area contributed by atoms with Crippen molar-refractivity contribution in [1.82, 2.24) is 0 Å². The fourth-order valence-electron chi connectivity index (χ4n) is 0.163. The minimum Gasteiger partial charge on any atom is -0.862 e. The van der Waals surface area contributed by atoms with Gasteiger partial charge in [-0.2, -0.15) is 0 Å². The molecule has 0 saturated carbocycles. The van der Waals surface area contributed by atoms with Gasteiger partial charge in [0.1, 0.15) is 0 Å². The maximum absolute atomic E-state index is 9.58. The predicted molar refractivity (Wildman–Crippen MR) is 22.8 cm³/mol. The molecule has 0 aliphatic heterocycles. The van der Waals surface area contributed by atoms with E-state index in [1.807, 2.05) is 0 Å². The Morgan fingerprint density at radius 2 is 1.25 bits per heavy atom. The molecule has 7 nitrogen and oxygen atoms in total.